The fourth-order valence-corrected chi connectivity index (χ4v) is 1.82. The van der Waals surface area contributed by atoms with Crippen LogP contribution in [-0.4, -0.2) is 16.5 Å². The summed E-state index contributed by atoms with van der Waals surface area (Å²) in [6.45, 7) is 7.35. The Balaban J connectivity index is 2.37. The first-order valence-corrected chi connectivity index (χ1v) is 6.12. The summed E-state index contributed by atoms with van der Waals surface area (Å²) in [5.74, 6) is 2.46. The van der Waals surface area contributed by atoms with Gasteiger partial charge in [0.1, 0.15) is 16.2 Å². The highest BCUT2D eigenvalue weighted by atomic mass is 79.9. The molecule has 1 rings (SSSR count). The fraction of sp³-hybridized carbons (Fsp3) is 0.636. The van der Waals surface area contributed by atoms with Gasteiger partial charge in [0.15, 0.2) is 0 Å². The molecule has 15 heavy (non-hydrogen) atoms. The summed E-state index contributed by atoms with van der Waals surface area (Å²) in [6.07, 6.45) is 2.43. The van der Waals surface area contributed by atoms with Gasteiger partial charge in [-0.15, -0.1) is 0 Å². The average Bonchev–Trinajstić information content (AvgIpc) is 2.10. The largest absolute Gasteiger partial charge is 0.370 e. The van der Waals surface area contributed by atoms with Crippen molar-refractivity contribution >= 4 is 21.7 Å². The molecule has 0 unspecified atom stereocenters. The van der Waals surface area contributed by atoms with Crippen molar-refractivity contribution in [3.63, 3.8) is 0 Å². The molecule has 1 aromatic heterocycles. The molecule has 0 radical (unpaired) electrons. The molecule has 0 aliphatic heterocycles. The Morgan fingerprint density at radius 3 is 2.73 bits per heavy atom. The molecule has 0 spiro atoms. The molecule has 0 bridgehead atoms. The van der Waals surface area contributed by atoms with Crippen LogP contribution in [0.4, 0.5) is 5.82 Å². The van der Waals surface area contributed by atoms with Crippen molar-refractivity contribution in [2.24, 2.45) is 5.92 Å². The van der Waals surface area contributed by atoms with E-state index in [4.69, 9.17) is 0 Å². The van der Waals surface area contributed by atoms with E-state index < -0.39 is 0 Å². The molecule has 0 atom stereocenters. The number of hydrogen-bond acceptors (Lipinski definition) is 3. The molecule has 3 nitrogen and oxygen atoms in total. The standard InChI is InChI=1S/C11H18BrN3/c1-8(2)5-4-6-13-11-7-10(12)14-9(3)15-11/h7-8H,4-6H2,1-3H3,(H,13,14,15). The van der Waals surface area contributed by atoms with E-state index in [2.05, 4.69) is 45.1 Å². The smallest absolute Gasteiger partial charge is 0.130 e. The summed E-state index contributed by atoms with van der Waals surface area (Å²) in [4.78, 5) is 8.45. The minimum Gasteiger partial charge on any atom is -0.370 e. The number of hydrogen-bond donors (Lipinski definition) is 1. The minimum absolute atomic E-state index is 0.769. The number of aromatic nitrogens is 2. The van der Waals surface area contributed by atoms with E-state index in [1.54, 1.807) is 0 Å². The van der Waals surface area contributed by atoms with Crippen molar-refractivity contribution in [3.05, 3.63) is 16.5 Å². The van der Waals surface area contributed by atoms with E-state index >= 15 is 0 Å². The number of nitrogens with zero attached hydrogens (tertiary/aromatic N) is 2. The zero-order chi connectivity index (χ0) is 11.3. The monoisotopic (exact) mass is 271 g/mol. The normalized spacial score (nSPS) is 10.7. The van der Waals surface area contributed by atoms with Crippen LogP contribution in [0.25, 0.3) is 0 Å². The van der Waals surface area contributed by atoms with Crippen LogP contribution in [0.15, 0.2) is 10.7 Å². The predicted octanol–water partition coefficient (Wildman–Crippen LogP) is 3.40. The second-order valence-electron chi connectivity index (χ2n) is 4.09. The SMILES string of the molecule is Cc1nc(Br)cc(NCCCC(C)C)n1. The van der Waals surface area contributed by atoms with E-state index in [0.29, 0.717) is 0 Å². The van der Waals surface area contributed by atoms with Crippen LogP contribution < -0.4 is 5.32 Å². The maximum atomic E-state index is 4.30. The van der Waals surface area contributed by atoms with Crippen LogP contribution in [0, 0.1) is 12.8 Å². The molecule has 4 heteroatoms. The van der Waals surface area contributed by atoms with Gasteiger partial charge in [0.2, 0.25) is 0 Å². The van der Waals surface area contributed by atoms with Crippen LogP contribution >= 0.6 is 15.9 Å². The van der Waals surface area contributed by atoms with Crippen molar-refractivity contribution in [2.75, 3.05) is 11.9 Å². The highest BCUT2D eigenvalue weighted by Gasteiger charge is 1.99. The van der Waals surface area contributed by atoms with E-state index in [-0.39, 0.29) is 0 Å². The van der Waals surface area contributed by atoms with Gasteiger partial charge in [0, 0.05) is 12.6 Å². The highest BCUT2D eigenvalue weighted by molar-refractivity contribution is 9.10. The van der Waals surface area contributed by atoms with Gasteiger partial charge in [-0.25, -0.2) is 9.97 Å². The first-order valence-electron chi connectivity index (χ1n) is 5.33. The van der Waals surface area contributed by atoms with E-state index in [0.717, 1.165) is 28.7 Å². The Morgan fingerprint density at radius 1 is 1.40 bits per heavy atom. The van der Waals surface area contributed by atoms with Gasteiger partial charge in [-0.3, -0.25) is 0 Å². The molecule has 1 heterocycles. The van der Waals surface area contributed by atoms with Gasteiger partial charge in [0.25, 0.3) is 0 Å². The molecule has 1 N–H and O–H groups in total. The Morgan fingerprint density at radius 2 is 2.13 bits per heavy atom. The molecular weight excluding hydrogens is 254 g/mol. The first-order chi connectivity index (χ1) is 7.08. The summed E-state index contributed by atoms with van der Waals surface area (Å²) in [5.41, 5.74) is 0. The van der Waals surface area contributed by atoms with Gasteiger partial charge >= 0.3 is 0 Å². The van der Waals surface area contributed by atoms with Crippen LogP contribution in [0.3, 0.4) is 0 Å². The summed E-state index contributed by atoms with van der Waals surface area (Å²) >= 11 is 3.35. The maximum absolute atomic E-state index is 4.30. The lowest BCUT2D eigenvalue weighted by Crippen LogP contribution is -2.05. The Labute approximate surface area is 99.8 Å². The third kappa shape index (κ3) is 5.11. The topological polar surface area (TPSA) is 37.8 Å². The molecular formula is C11H18BrN3. The summed E-state index contributed by atoms with van der Waals surface area (Å²) in [6, 6.07) is 1.91. The quantitative estimate of drug-likeness (QED) is 0.659. The molecule has 0 amide bonds. The Hall–Kier alpha value is -0.640. The lowest BCUT2D eigenvalue weighted by molar-refractivity contribution is 0.566. The zero-order valence-corrected chi connectivity index (χ0v) is 11.1. The van der Waals surface area contributed by atoms with Crippen LogP contribution in [0.5, 0.6) is 0 Å². The molecule has 0 aliphatic rings. The van der Waals surface area contributed by atoms with E-state index in [1.807, 2.05) is 13.0 Å². The number of aryl methyl sites for hydroxylation is 1. The first kappa shape index (κ1) is 12.4. The molecule has 0 fully saturated rings. The number of rotatable bonds is 5. The van der Waals surface area contributed by atoms with E-state index in [9.17, 15) is 0 Å². The summed E-state index contributed by atoms with van der Waals surface area (Å²) in [7, 11) is 0. The Kier molecular flexibility index (Phi) is 5.02. The zero-order valence-electron chi connectivity index (χ0n) is 9.55. The molecule has 84 valence electrons. The summed E-state index contributed by atoms with van der Waals surface area (Å²) in [5, 5.41) is 3.30. The third-order valence-electron chi connectivity index (χ3n) is 2.07. The van der Waals surface area contributed by atoms with Gasteiger partial charge in [-0.05, 0) is 41.6 Å². The molecule has 0 saturated carbocycles. The number of halogens is 1. The van der Waals surface area contributed by atoms with Crippen molar-refractivity contribution in [1.82, 2.24) is 9.97 Å². The molecule has 1 aromatic rings. The lowest BCUT2D eigenvalue weighted by Gasteiger charge is -2.07. The van der Waals surface area contributed by atoms with Gasteiger partial charge in [0.05, 0.1) is 0 Å². The molecule has 0 saturated heterocycles. The lowest BCUT2D eigenvalue weighted by atomic mass is 10.1. The number of nitrogens with one attached hydrogen (secondary N) is 1. The van der Waals surface area contributed by atoms with Crippen LogP contribution in [0.1, 0.15) is 32.5 Å². The fourth-order valence-electron chi connectivity index (χ4n) is 1.35. The molecule has 0 aromatic carbocycles. The van der Waals surface area contributed by atoms with Crippen molar-refractivity contribution in [1.29, 1.82) is 0 Å². The summed E-state index contributed by atoms with van der Waals surface area (Å²) < 4.78 is 0.835. The highest BCUT2D eigenvalue weighted by Crippen LogP contribution is 2.12. The van der Waals surface area contributed by atoms with Gasteiger partial charge in [-0.2, -0.15) is 0 Å². The predicted molar refractivity (Wildman–Crippen MR) is 67.0 cm³/mol. The van der Waals surface area contributed by atoms with Gasteiger partial charge in [-0.1, -0.05) is 13.8 Å². The van der Waals surface area contributed by atoms with Crippen molar-refractivity contribution in [2.45, 2.75) is 33.6 Å². The molecule has 0 aliphatic carbocycles. The van der Waals surface area contributed by atoms with Crippen LogP contribution in [-0.2, 0) is 0 Å². The van der Waals surface area contributed by atoms with Gasteiger partial charge < -0.3 is 5.32 Å². The second kappa shape index (κ2) is 6.05. The van der Waals surface area contributed by atoms with E-state index in [1.165, 1.54) is 12.8 Å². The maximum Gasteiger partial charge on any atom is 0.130 e. The van der Waals surface area contributed by atoms with Crippen molar-refractivity contribution < 1.29 is 0 Å². The third-order valence-corrected chi connectivity index (χ3v) is 2.48. The Bertz CT molecular complexity index is 292. The second-order valence-corrected chi connectivity index (χ2v) is 4.90. The van der Waals surface area contributed by atoms with Crippen molar-refractivity contribution in [3.8, 4) is 0 Å². The minimum atomic E-state index is 0.769. The van der Waals surface area contributed by atoms with Crippen LogP contribution in [0.2, 0.25) is 0 Å². The number of anilines is 1. The average molecular weight is 272 g/mol.